The van der Waals surface area contributed by atoms with Gasteiger partial charge in [-0.3, -0.25) is 4.79 Å². The van der Waals surface area contributed by atoms with E-state index in [-0.39, 0.29) is 11.3 Å². The van der Waals surface area contributed by atoms with Gasteiger partial charge >= 0.3 is 5.97 Å². The van der Waals surface area contributed by atoms with Crippen molar-refractivity contribution in [1.82, 2.24) is 0 Å². The first-order valence-corrected chi connectivity index (χ1v) is 10.5. The predicted molar refractivity (Wildman–Crippen MR) is 104 cm³/mol. The van der Waals surface area contributed by atoms with Crippen molar-refractivity contribution in [3.8, 4) is 12.3 Å². The van der Waals surface area contributed by atoms with E-state index in [4.69, 9.17) is 11.2 Å². The molecule has 5 heteroatoms. The summed E-state index contributed by atoms with van der Waals surface area (Å²) in [6.45, 7) is 5.63. The van der Waals surface area contributed by atoms with Crippen LogP contribution in [0.15, 0.2) is 11.6 Å². The molecule has 0 heterocycles. The number of aliphatic hydroxyl groups excluding tert-OH is 2. The zero-order valence-corrected chi connectivity index (χ0v) is 17.0. The third-order valence-corrected chi connectivity index (χ3v) is 8.89. The van der Waals surface area contributed by atoms with Gasteiger partial charge in [0.15, 0.2) is 5.60 Å². The van der Waals surface area contributed by atoms with Crippen LogP contribution in [0.2, 0.25) is 0 Å². The molecule has 3 N–H and O–H groups in total. The molecule has 0 bridgehead atoms. The van der Waals surface area contributed by atoms with Gasteiger partial charge < -0.3 is 20.1 Å². The van der Waals surface area contributed by atoms with Crippen LogP contribution in [0.4, 0.5) is 0 Å². The third kappa shape index (κ3) is 2.41. The number of allylic oxidation sites excluding steroid dienone is 1. The Bertz CT molecular complexity index is 753. The Kier molecular flexibility index (Phi) is 4.50. The molecule has 154 valence electrons. The van der Waals surface area contributed by atoms with Gasteiger partial charge in [-0.1, -0.05) is 25.8 Å². The van der Waals surface area contributed by atoms with Crippen molar-refractivity contribution in [3.63, 3.8) is 0 Å². The van der Waals surface area contributed by atoms with E-state index < -0.39 is 35.3 Å². The maximum absolute atomic E-state index is 11.6. The number of fused-ring (bicyclic) bond motifs is 5. The van der Waals surface area contributed by atoms with Crippen LogP contribution < -0.4 is 0 Å². The van der Waals surface area contributed by atoms with Gasteiger partial charge in [0.25, 0.3) is 0 Å². The minimum atomic E-state index is -1.46. The first kappa shape index (κ1) is 19.9. The molecule has 0 aliphatic heterocycles. The van der Waals surface area contributed by atoms with Crippen LogP contribution in [0.1, 0.15) is 59.3 Å². The molecule has 0 aromatic carbocycles. The molecule has 0 spiro atoms. The summed E-state index contributed by atoms with van der Waals surface area (Å²) in [5.41, 5.74) is -1.12. The molecule has 4 aliphatic carbocycles. The lowest BCUT2D eigenvalue weighted by molar-refractivity contribution is -0.163. The highest BCUT2D eigenvalue weighted by molar-refractivity contribution is 5.66. The number of ether oxygens (including phenoxy) is 1. The largest absolute Gasteiger partial charge is 0.458 e. The molecule has 0 amide bonds. The van der Waals surface area contributed by atoms with Gasteiger partial charge in [0, 0.05) is 12.3 Å². The molecule has 5 nitrogen and oxygen atoms in total. The number of hydrogen-bond acceptors (Lipinski definition) is 5. The fourth-order valence-corrected chi connectivity index (χ4v) is 7.31. The number of hydrogen-bond donors (Lipinski definition) is 3. The summed E-state index contributed by atoms with van der Waals surface area (Å²) in [5, 5.41) is 32.2. The van der Waals surface area contributed by atoms with E-state index in [9.17, 15) is 20.1 Å². The molecule has 0 unspecified atom stereocenters. The molecule has 0 radical (unpaired) electrons. The second-order valence-corrected chi connectivity index (χ2v) is 9.94. The molecule has 9 atom stereocenters. The van der Waals surface area contributed by atoms with E-state index in [1.54, 1.807) is 0 Å². The Balaban J connectivity index is 1.72. The third-order valence-electron chi connectivity index (χ3n) is 8.89. The van der Waals surface area contributed by atoms with Gasteiger partial charge in [0.05, 0.1) is 6.10 Å². The van der Waals surface area contributed by atoms with E-state index >= 15 is 0 Å². The van der Waals surface area contributed by atoms with Crippen molar-refractivity contribution < 1.29 is 24.9 Å². The molecule has 28 heavy (non-hydrogen) atoms. The van der Waals surface area contributed by atoms with Gasteiger partial charge in [0.1, 0.15) is 12.2 Å². The van der Waals surface area contributed by atoms with Gasteiger partial charge in [-0.2, -0.15) is 0 Å². The number of rotatable bonds is 1. The second-order valence-electron chi connectivity index (χ2n) is 9.94. The van der Waals surface area contributed by atoms with E-state index in [0.717, 1.165) is 31.3 Å². The SMILES string of the molecule is C#C[C@]1(O)[C@H](OC(C)=O)C[C@H]2[C@@H]3CC=C4[C@@H](O)[C@H](O)CC[C@]4(C)[C@H]3CC[C@@]21C. The zero-order valence-electron chi connectivity index (χ0n) is 17.0. The van der Waals surface area contributed by atoms with Crippen LogP contribution in [-0.2, 0) is 9.53 Å². The molecule has 4 aliphatic rings. The average molecular weight is 389 g/mol. The Hall–Kier alpha value is -1.35. The highest BCUT2D eigenvalue weighted by atomic mass is 16.6. The van der Waals surface area contributed by atoms with E-state index in [1.165, 1.54) is 6.92 Å². The van der Waals surface area contributed by atoms with E-state index in [1.807, 2.05) is 0 Å². The van der Waals surface area contributed by atoms with Crippen molar-refractivity contribution in [2.24, 2.45) is 28.6 Å². The fraction of sp³-hybridized carbons (Fsp3) is 0.783. The molecular formula is C23H32O5. The van der Waals surface area contributed by atoms with Crippen molar-refractivity contribution >= 4 is 5.97 Å². The monoisotopic (exact) mass is 388 g/mol. The summed E-state index contributed by atoms with van der Waals surface area (Å²) in [6, 6.07) is 0. The Morgan fingerprint density at radius 3 is 2.61 bits per heavy atom. The summed E-state index contributed by atoms with van der Waals surface area (Å²) in [7, 11) is 0. The molecule has 4 rings (SSSR count). The molecule has 3 fully saturated rings. The molecule has 0 aromatic heterocycles. The number of carbonyl (C=O) groups is 1. The maximum Gasteiger partial charge on any atom is 0.303 e. The van der Waals surface area contributed by atoms with Crippen LogP contribution in [0.5, 0.6) is 0 Å². The van der Waals surface area contributed by atoms with Gasteiger partial charge in [-0.25, -0.2) is 0 Å². The fourth-order valence-electron chi connectivity index (χ4n) is 7.31. The lowest BCUT2D eigenvalue weighted by atomic mass is 9.46. The summed E-state index contributed by atoms with van der Waals surface area (Å²) < 4.78 is 5.50. The lowest BCUT2D eigenvalue weighted by Crippen LogP contribution is -2.57. The number of aliphatic hydroxyl groups is 3. The average Bonchev–Trinajstić information content (AvgIpc) is 2.86. The number of terminal acetylenes is 1. The highest BCUT2D eigenvalue weighted by Gasteiger charge is 2.68. The normalized spacial score (nSPS) is 52.5. The topological polar surface area (TPSA) is 87.0 Å². The maximum atomic E-state index is 11.6. The first-order valence-electron chi connectivity index (χ1n) is 10.5. The highest BCUT2D eigenvalue weighted by Crippen LogP contribution is 2.67. The second kappa shape index (κ2) is 6.32. The number of esters is 1. The Labute approximate surface area is 167 Å². The van der Waals surface area contributed by atoms with Crippen LogP contribution >= 0.6 is 0 Å². The number of carbonyl (C=O) groups excluding carboxylic acids is 1. The lowest BCUT2D eigenvalue weighted by Gasteiger charge is -2.58. The Morgan fingerprint density at radius 2 is 1.96 bits per heavy atom. The van der Waals surface area contributed by atoms with E-state index in [0.29, 0.717) is 24.7 Å². The summed E-state index contributed by atoms with van der Waals surface area (Å²) in [5.74, 6) is 3.01. The van der Waals surface area contributed by atoms with Gasteiger partial charge in [-0.05, 0) is 67.3 Å². The minimum absolute atomic E-state index is 0.142. The summed E-state index contributed by atoms with van der Waals surface area (Å²) in [4.78, 5) is 11.6. The Morgan fingerprint density at radius 1 is 1.25 bits per heavy atom. The van der Waals surface area contributed by atoms with Crippen molar-refractivity contribution in [2.75, 3.05) is 0 Å². The van der Waals surface area contributed by atoms with Crippen LogP contribution in [0, 0.1) is 40.9 Å². The quantitative estimate of drug-likeness (QED) is 0.364. The van der Waals surface area contributed by atoms with Crippen molar-refractivity contribution in [3.05, 3.63) is 11.6 Å². The minimum Gasteiger partial charge on any atom is -0.458 e. The van der Waals surface area contributed by atoms with Gasteiger partial charge in [-0.15, -0.1) is 6.42 Å². The zero-order chi connectivity index (χ0) is 20.5. The summed E-state index contributed by atoms with van der Waals surface area (Å²) >= 11 is 0. The first-order chi connectivity index (χ1) is 13.1. The van der Waals surface area contributed by atoms with Gasteiger partial charge in [0.2, 0.25) is 0 Å². The smallest absolute Gasteiger partial charge is 0.303 e. The predicted octanol–water partition coefficient (Wildman–Crippen LogP) is 2.19. The molecular weight excluding hydrogens is 356 g/mol. The van der Waals surface area contributed by atoms with Crippen LogP contribution in [0.3, 0.4) is 0 Å². The summed E-state index contributed by atoms with van der Waals surface area (Å²) in [6.07, 6.45) is 10.3. The molecule has 3 saturated carbocycles. The standard InChI is InChI=1S/C23H32O5/c1-5-23(27)19(28-13(2)24)12-17-14-6-7-16-20(26)18(25)9-10-21(16,3)15(14)8-11-22(17,23)4/h1,7,14-15,17-20,25-27H,6,8-12H2,2-4H3/t14-,15+,17+,18-,19-,20-,21-,22+,23+/m1/s1. The van der Waals surface area contributed by atoms with Crippen LogP contribution in [-0.4, -0.2) is 45.2 Å². The van der Waals surface area contributed by atoms with E-state index in [2.05, 4.69) is 25.8 Å². The molecule has 0 aromatic rings. The van der Waals surface area contributed by atoms with Crippen molar-refractivity contribution in [2.45, 2.75) is 83.2 Å². The van der Waals surface area contributed by atoms with Crippen LogP contribution in [0.25, 0.3) is 0 Å². The van der Waals surface area contributed by atoms with Crippen molar-refractivity contribution in [1.29, 1.82) is 0 Å². The molecule has 0 saturated heterocycles.